The Bertz CT molecular complexity index is 561. The molecule has 0 saturated carbocycles. The summed E-state index contributed by atoms with van der Waals surface area (Å²) in [6, 6.07) is 7.73. The van der Waals surface area contributed by atoms with Gasteiger partial charge < -0.3 is 5.32 Å². The topological polar surface area (TPSA) is 12.0 Å². The molecule has 0 bridgehead atoms. The lowest BCUT2D eigenvalue weighted by atomic mass is 9.98. The lowest BCUT2D eigenvalue weighted by molar-refractivity contribution is 0.500. The van der Waals surface area contributed by atoms with E-state index in [9.17, 15) is 13.2 Å². The molecule has 0 radical (unpaired) electrons. The van der Waals surface area contributed by atoms with Gasteiger partial charge in [0.2, 0.25) is 0 Å². The smallest absolute Gasteiger partial charge is 0.134 e. The van der Waals surface area contributed by atoms with Crippen molar-refractivity contribution in [3.05, 3.63) is 69.4 Å². The number of hydrogen-bond acceptors (Lipinski definition) is 1. The zero-order valence-corrected chi connectivity index (χ0v) is 11.6. The van der Waals surface area contributed by atoms with Crippen molar-refractivity contribution < 1.29 is 13.2 Å². The van der Waals surface area contributed by atoms with Crippen LogP contribution in [0.15, 0.2) is 40.9 Å². The van der Waals surface area contributed by atoms with Gasteiger partial charge in [0.25, 0.3) is 0 Å². The van der Waals surface area contributed by atoms with Crippen molar-refractivity contribution in [2.45, 2.75) is 6.04 Å². The fraction of sp³-hybridized carbons (Fsp3) is 0.143. The Morgan fingerprint density at radius 3 is 2.00 bits per heavy atom. The summed E-state index contributed by atoms with van der Waals surface area (Å²) in [6.07, 6.45) is 0. The van der Waals surface area contributed by atoms with Crippen LogP contribution in [0.2, 0.25) is 0 Å². The third kappa shape index (κ3) is 2.98. The first-order valence-corrected chi connectivity index (χ1v) is 6.39. The second-order valence-corrected chi connectivity index (χ2v) is 4.97. The Kier molecular flexibility index (Phi) is 4.27. The molecule has 0 heterocycles. The van der Waals surface area contributed by atoms with Crippen LogP contribution in [0.5, 0.6) is 0 Å². The normalized spacial score (nSPS) is 12.5. The SMILES string of the molecule is CNC(c1ccc(Br)cc1)c1c(F)cc(F)cc1F. The van der Waals surface area contributed by atoms with Crippen molar-refractivity contribution in [3.63, 3.8) is 0 Å². The van der Waals surface area contributed by atoms with E-state index in [2.05, 4.69) is 21.2 Å². The molecule has 0 amide bonds. The average molecular weight is 330 g/mol. The molecule has 1 N–H and O–H groups in total. The summed E-state index contributed by atoms with van der Waals surface area (Å²) in [5, 5.41) is 2.84. The van der Waals surface area contributed by atoms with Gasteiger partial charge in [-0.3, -0.25) is 0 Å². The molecular weight excluding hydrogens is 319 g/mol. The second kappa shape index (κ2) is 5.75. The van der Waals surface area contributed by atoms with Crippen molar-refractivity contribution >= 4 is 15.9 Å². The van der Waals surface area contributed by atoms with E-state index in [1.54, 1.807) is 31.3 Å². The largest absolute Gasteiger partial charge is 0.309 e. The Labute approximate surface area is 117 Å². The Morgan fingerprint density at radius 1 is 1.00 bits per heavy atom. The minimum Gasteiger partial charge on any atom is -0.309 e. The van der Waals surface area contributed by atoms with Gasteiger partial charge in [-0.25, -0.2) is 13.2 Å². The van der Waals surface area contributed by atoms with Crippen LogP contribution in [0.25, 0.3) is 0 Å². The zero-order valence-electron chi connectivity index (χ0n) is 10.1. The fourth-order valence-corrected chi connectivity index (χ4v) is 2.23. The van der Waals surface area contributed by atoms with E-state index in [1.807, 2.05) is 0 Å². The predicted octanol–water partition coefficient (Wildman–Crippen LogP) is 4.18. The van der Waals surface area contributed by atoms with E-state index in [1.165, 1.54) is 0 Å². The van der Waals surface area contributed by atoms with Crippen LogP contribution in [0.3, 0.4) is 0 Å². The highest BCUT2D eigenvalue weighted by molar-refractivity contribution is 9.10. The molecular formula is C14H11BrF3N. The second-order valence-electron chi connectivity index (χ2n) is 4.06. The standard InChI is InChI=1S/C14H11BrF3N/c1-19-14(8-2-4-9(15)5-3-8)13-11(17)6-10(16)7-12(13)18/h2-7,14,19H,1H3. The third-order valence-corrected chi connectivity index (χ3v) is 3.35. The molecule has 0 fully saturated rings. The summed E-state index contributed by atoms with van der Waals surface area (Å²) in [5.41, 5.74) is 0.501. The van der Waals surface area contributed by atoms with Crippen molar-refractivity contribution in [1.82, 2.24) is 5.32 Å². The highest BCUT2D eigenvalue weighted by atomic mass is 79.9. The molecule has 19 heavy (non-hydrogen) atoms. The molecule has 100 valence electrons. The van der Waals surface area contributed by atoms with Crippen LogP contribution in [-0.2, 0) is 0 Å². The van der Waals surface area contributed by atoms with E-state index in [0.717, 1.165) is 4.47 Å². The summed E-state index contributed by atoms with van der Waals surface area (Å²) in [5.74, 6) is -2.73. The summed E-state index contributed by atoms with van der Waals surface area (Å²) >= 11 is 3.29. The molecule has 1 atom stereocenters. The molecule has 1 nitrogen and oxygen atoms in total. The maximum absolute atomic E-state index is 13.8. The van der Waals surface area contributed by atoms with Crippen LogP contribution in [-0.4, -0.2) is 7.05 Å². The molecule has 0 spiro atoms. The Balaban J connectivity index is 2.51. The monoisotopic (exact) mass is 329 g/mol. The summed E-state index contributed by atoms with van der Waals surface area (Å²) in [7, 11) is 1.59. The molecule has 1 unspecified atom stereocenters. The lowest BCUT2D eigenvalue weighted by Gasteiger charge is -2.18. The van der Waals surface area contributed by atoms with Crippen molar-refractivity contribution in [1.29, 1.82) is 0 Å². The Hall–Kier alpha value is -1.33. The molecule has 0 aliphatic heterocycles. The van der Waals surface area contributed by atoms with Crippen molar-refractivity contribution in [3.8, 4) is 0 Å². The van der Waals surface area contributed by atoms with Crippen LogP contribution < -0.4 is 5.32 Å². The maximum atomic E-state index is 13.8. The third-order valence-electron chi connectivity index (χ3n) is 2.82. The number of hydrogen-bond donors (Lipinski definition) is 1. The van der Waals surface area contributed by atoms with Gasteiger partial charge in [-0.15, -0.1) is 0 Å². The van der Waals surface area contributed by atoms with Gasteiger partial charge >= 0.3 is 0 Å². The minimum atomic E-state index is -0.926. The predicted molar refractivity (Wildman–Crippen MR) is 71.4 cm³/mol. The number of halogens is 4. The maximum Gasteiger partial charge on any atom is 0.134 e. The molecule has 0 aromatic heterocycles. The van der Waals surface area contributed by atoms with Crippen LogP contribution in [0, 0.1) is 17.5 Å². The number of benzene rings is 2. The van der Waals surface area contributed by atoms with Gasteiger partial charge in [-0.1, -0.05) is 28.1 Å². The van der Waals surface area contributed by atoms with Gasteiger partial charge in [-0.2, -0.15) is 0 Å². The minimum absolute atomic E-state index is 0.189. The van der Waals surface area contributed by atoms with Gasteiger partial charge in [-0.05, 0) is 24.7 Å². The molecule has 2 rings (SSSR count). The van der Waals surface area contributed by atoms with Crippen LogP contribution in [0.1, 0.15) is 17.2 Å². The molecule has 2 aromatic rings. The quantitative estimate of drug-likeness (QED) is 0.890. The number of rotatable bonds is 3. The van der Waals surface area contributed by atoms with E-state index in [4.69, 9.17) is 0 Å². The lowest BCUT2D eigenvalue weighted by Crippen LogP contribution is -2.20. The van der Waals surface area contributed by atoms with Gasteiger partial charge in [0.15, 0.2) is 0 Å². The molecule has 0 aliphatic rings. The van der Waals surface area contributed by atoms with Crippen LogP contribution >= 0.6 is 15.9 Å². The van der Waals surface area contributed by atoms with Gasteiger partial charge in [0, 0.05) is 22.2 Å². The van der Waals surface area contributed by atoms with Crippen molar-refractivity contribution in [2.75, 3.05) is 7.05 Å². The first kappa shape index (κ1) is 14.1. The summed E-state index contributed by atoms with van der Waals surface area (Å²) in [4.78, 5) is 0. The number of nitrogens with one attached hydrogen (secondary N) is 1. The van der Waals surface area contributed by atoms with Gasteiger partial charge in [0.1, 0.15) is 17.5 Å². The first-order chi connectivity index (χ1) is 9.02. The molecule has 5 heteroatoms. The van der Waals surface area contributed by atoms with E-state index in [0.29, 0.717) is 17.7 Å². The molecule has 2 aromatic carbocycles. The summed E-state index contributed by atoms with van der Waals surface area (Å²) < 4.78 is 41.4. The van der Waals surface area contributed by atoms with Crippen LogP contribution in [0.4, 0.5) is 13.2 Å². The van der Waals surface area contributed by atoms with E-state index >= 15 is 0 Å². The molecule has 0 aliphatic carbocycles. The van der Waals surface area contributed by atoms with E-state index in [-0.39, 0.29) is 5.56 Å². The fourth-order valence-electron chi connectivity index (χ4n) is 1.96. The van der Waals surface area contributed by atoms with E-state index < -0.39 is 23.5 Å². The van der Waals surface area contributed by atoms with Crippen molar-refractivity contribution in [2.24, 2.45) is 0 Å². The Morgan fingerprint density at radius 2 is 1.53 bits per heavy atom. The van der Waals surface area contributed by atoms with Gasteiger partial charge in [0.05, 0.1) is 6.04 Å². The molecule has 0 saturated heterocycles. The summed E-state index contributed by atoms with van der Waals surface area (Å²) in [6.45, 7) is 0. The highest BCUT2D eigenvalue weighted by Crippen LogP contribution is 2.28. The zero-order chi connectivity index (χ0) is 14.0. The first-order valence-electron chi connectivity index (χ1n) is 5.60. The highest BCUT2D eigenvalue weighted by Gasteiger charge is 2.21. The average Bonchev–Trinajstić information content (AvgIpc) is 2.35.